The average Bonchev–Trinajstić information content (AvgIpc) is 3.12. The molecule has 1 atom stereocenters. The lowest BCUT2D eigenvalue weighted by Gasteiger charge is -2.28. The normalized spacial score (nSPS) is 15.3. The summed E-state index contributed by atoms with van der Waals surface area (Å²) in [6, 6.07) is 18.4. The van der Waals surface area contributed by atoms with Crippen molar-refractivity contribution in [2.75, 3.05) is 10.2 Å². The number of imide groups is 1. The minimum Gasteiger partial charge on any atom is -0.326 e. The molecule has 0 aliphatic carbocycles. The van der Waals surface area contributed by atoms with E-state index in [1.54, 1.807) is 42.7 Å². The number of benzene rings is 2. The van der Waals surface area contributed by atoms with E-state index in [0.29, 0.717) is 11.4 Å². The summed E-state index contributed by atoms with van der Waals surface area (Å²) in [6.45, 7) is 1.56. The maximum Gasteiger partial charge on any atom is 0.257 e. The number of aromatic nitrogens is 1. The fourth-order valence-corrected chi connectivity index (χ4v) is 3.96. The molecular weight excluding hydrogens is 432 g/mol. The molecule has 8 heteroatoms. The molecule has 2 aromatic carbocycles. The van der Waals surface area contributed by atoms with Crippen LogP contribution in [0.4, 0.5) is 11.4 Å². The highest BCUT2D eigenvalue weighted by Crippen LogP contribution is 2.28. The Morgan fingerprint density at radius 3 is 2.35 bits per heavy atom. The molecule has 1 fully saturated rings. The summed E-state index contributed by atoms with van der Waals surface area (Å²) in [7, 11) is 0. The Morgan fingerprint density at radius 1 is 1.00 bits per heavy atom. The first-order valence-electron chi connectivity index (χ1n) is 10.9. The Hall–Kier alpha value is -4.33. The number of carbonyl (C=O) groups excluding carboxylic acids is 4. The number of pyridine rings is 1. The molecule has 1 saturated heterocycles. The van der Waals surface area contributed by atoms with Crippen LogP contribution < -0.4 is 10.2 Å². The zero-order chi connectivity index (χ0) is 24.1. The fourth-order valence-electron chi connectivity index (χ4n) is 3.96. The van der Waals surface area contributed by atoms with Gasteiger partial charge in [0.1, 0.15) is 6.04 Å². The molecule has 8 nitrogen and oxygen atoms in total. The van der Waals surface area contributed by atoms with Crippen molar-refractivity contribution < 1.29 is 19.2 Å². The molecule has 34 heavy (non-hydrogen) atoms. The Kier molecular flexibility index (Phi) is 6.77. The van der Waals surface area contributed by atoms with E-state index in [-0.39, 0.29) is 37.1 Å². The van der Waals surface area contributed by atoms with Gasteiger partial charge in [0.25, 0.3) is 5.91 Å². The number of hydrogen-bond donors (Lipinski definition) is 1. The summed E-state index contributed by atoms with van der Waals surface area (Å²) >= 11 is 0. The molecule has 1 unspecified atom stereocenters. The molecule has 0 saturated carbocycles. The third-order valence-corrected chi connectivity index (χ3v) is 5.54. The minimum absolute atomic E-state index is 0.104. The maximum atomic E-state index is 13.4. The quantitative estimate of drug-likeness (QED) is 0.551. The van der Waals surface area contributed by atoms with E-state index in [9.17, 15) is 19.2 Å². The van der Waals surface area contributed by atoms with Crippen LogP contribution in [0, 0.1) is 0 Å². The second-order valence-corrected chi connectivity index (χ2v) is 8.06. The predicted molar refractivity (Wildman–Crippen MR) is 127 cm³/mol. The Balaban J connectivity index is 1.59. The van der Waals surface area contributed by atoms with E-state index in [2.05, 4.69) is 10.3 Å². The van der Waals surface area contributed by atoms with Gasteiger partial charge in [0.2, 0.25) is 17.7 Å². The SMILES string of the molecule is CC(=O)Nc1ccc(N2C(=O)CC(N(Cc3cccnc3)C(=O)Cc3ccccc3)C2=O)cc1. The third kappa shape index (κ3) is 5.17. The molecular formula is C26H24N4O4. The molecule has 3 aromatic rings. The van der Waals surface area contributed by atoms with Crippen molar-refractivity contribution in [1.29, 1.82) is 0 Å². The van der Waals surface area contributed by atoms with Gasteiger partial charge in [-0.25, -0.2) is 4.90 Å². The van der Waals surface area contributed by atoms with Gasteiger partial charge in [0.15, 0.2) is 0 Å². The van der Waals surface area contributed by atoms with Gasteiger partial charge in [0, 0.05) is 31.5 Å². The highest BCUT2D eigenvalue weighted by molar-refractivity contribution is 6.23. The number of amides is 4. The van der Waals surface area contributed by atoms with Crippen molar-refractivity contribution in [2.45, 2.75) is 32.4 Å². The highest BCUT2D eigenvalue weighted by atomic mass is 16.2. The summed E-state index contributed by atoms with van der Waals surface area (Å²) in [5.41, 5.74) is 2.54. The molecule has 1 N–H and O–H groups in total. The van der Waals surface area contributed by atoms with Gasteiger partial charge in [-0.05, 0) is 41.5 Å². The monoisotopic (exact) mass is 456 g/mol. The van der Waals surface area contributed by atoms with Crippen molar-refractivity contribution >= 4 is 35.0 Å². The van der Waals surface area contributed by atoms with E-state index in [1.165, 1.54) is 11.8 Å². The van der Waals surface area contributed by atoms with Gasteiger partial charge in [-0.1, -0.05) is 36.4 Å². The van der Waals surface area contributed by atoms with Crippen molar-refractivity contribution in [3.05, 3.63) is 90.3 Å². The molecule has 2 heterocycles. The largest absolute Gasteiger partial charge is 0.326 e. The van der Waals surface area contributed by atoms with E-state index < -0.39 is 11.9 Å². The smallest absolute Gasteiger partial charge is 0.257 e. The third-order valence-electron chi connectivity index (χ3n) is 5.54. The van der Waals surface area contributed by atoms with Gasteiger partial charge in [0.05, 0.1) is 18.5 Å². The van der Waals surface area contributed by atoms with Crippen molar-refractivity contribution in [3.63, 3.8) is 0 Å². The molecule has 172 valence electrons. The van der Waals surface area contributed by atoms with E-state index in [0.717, 1.165) is 16.0 Å². The van der Waals surface area contributed by atoms with E-state index >= 15 is 0 Å². The number of hydrogen-bond acceptors (Lipinski definition) is 5. The molecule has 4 rings (SSSR count). The second kappa shape index (κ2) is 10.1. The van der Waals surface area contributed by atoms with Crippen molar-refractivity contribution in [3.8, 4) is 0 Å². The first-order chi connectivity index (χ1) is 16.4. The number of nitrogens with zero attached hydrogens (tertiary/aromatic N) is 3. The second-order valence-electron chi connectivity index (χ2n) is 8.06. The van der Waals surface area contributed by atoms with Crippen LogP contribution in [0.15, 0.2) is 79.1 Å². The van der Waals surface area contributed by atoms with Crippen LogP contribution in [0.2, 0.25) is 0 Å². The zero-order valence-corrected chi connectivity index (χ0v) is 18.7. The number of nitrogens with one attached hydrogen (secondary N) is 1. The molecule has 0 spiro atoms. The lowest BCUT2D eigenvalue weighted by atomic mass is 10.1. The van der Waals surface area contributed by atoms with Crippen molar-refractivity contribution in [2.24, 2.45) is 0 Å². The number of anilines is 2. The zero-order valence-electron chi connectivity index (χ0n) is 18.7. The maximum absolute atomic E-state index is 13.4. The first-order valence-corrected chi connectivity index (χ1v) is 10.9. The first kappa shape index (κ1) is 22.8. The van der Waals surface area contributed by atoms with Gasteiger partial charge >= 0.3 is 0 Å². The molecule has 1 aliphatic rings. The minimum atomic E-state index is -0.918. The summed E-state index contributed by atoms with van der Waals surface area (Å²) in [4.78, 5) is 57.5. The summed E-state index contributed by atoms with van der Waals surface area (Å²) < 4.78 is 0. The Labute approximate surface area is 197 Å². The van der Waals surface area contributed by atoms with Crippen LogP contribution in [0.5, 0.6) is 0 Å². The van der Waals surface area contributed by atoms with Gasteiger partial charge in [-0.15, -0.1) is 0 Å². The summed E-state index contributed by atoms with van der Waals surface area (Å²) in [5, 5.41) is 2.65. The molecule has 4 amide bonds. The molecule has 1 aromatic heterocycles. The van der Waals surface area contributed by atoms with Crippen LogP contribution >= 0.6 is 0 Å². The van der Waals surface area contributed by atoms with Crippen molar-refractivity contribution in [1.82, 2.24) is 9.88 Å². The molecule has 0 radical (unpaired) electrons. The van der Waals surface area contributed by atoms with Gasteiger partial charge < -0.3 is 10.2 Å². The lowest BCUT2D eigenvalue weighted by Crippen LogP contribution is -2.45. The average molecular weight is 457 g/mol. The van der Waals surface area contributed by atoms with Gasteiger partial charge in [-0.2, -0.15) is 0 Å². The fraction of sp³-hybridized carbons (Fsp3) is 0.192. The van der Waals surface area contributed by atoms with Crippen LogP contribution in [0.3, 0.4) is 0 Å². The number of carbonyl (C=O) groups is 4. The molecule has 1 aliphatic heterocycles. The predicted octanol–water partition coefficient (Wildman–Crippen LogP) is 2.94. The number of rotatable bonds is 7. The van der Waals surface area contributed by atoms with E-state index in [1.807, 2.05) is 36.4 Å². The standard InChI is InChI=1S/C26H24N4O4/c1-18(31)28-21-9-11-22(12-10-21)30-25(33)15-23(26(30)34)29(17-20-8-5-13-27-16-20)24(32)14-19-6-3-2-4-7-19/h2-13,16,23H,14-15,17H2,1H3,(H,28,31). The lowest BCUT2D eigenvalue weighted by molar-refractivity contribution is -0.138. The Morgan fingerprint density at radius 2 is 1.71 bits per heavy atom. The Bertz CT molecular complexity index is 1200. The molecule has 0 bridgehead atoms. The summed E-state index contributed by atoms with van der Waals surface area (Å²) in [5.74, 6) is -1.30. The van der Waals surface area contributed by atoms with Crippen LogP contribution in [0.25, 0.3) is 0 Å². The van der Waals surface area contributed by atoms with E-state index in [4.69, 9.17) is 0 Å². The topological polar surface area (TPSA) is 99.7 Å². The van der Waals surface area contributed by atoms with Crippen LogP contribution in [-0.4, -0.2) is 39.6 Å². The van der Waals surface area contributed by atoms with Crippen LogP contribution in [0.1, 0.15) is 24.5 Å². The van der Waals surface area contributed by atoms with Crippen LogP contribution in [-0.2, 0) is 32.1 Å². The highest BCUT2D eigenvalue weighted by Gasteiger charge is 2.44. The van der Waals surface area contributed by atoms with Gasteiger partial charge in [-0.3, -0.25) is 24.2 Å². The summed E-state index contributed by atoms with van der Waals surface area (Å²) in [6.07, 6.45) is 3.29.